The van der Waals surface area contributed by atoms with Gasteiger partial charge < -0.3 is 5.73 Å². The van der Waals surface area contributed by atoms with Gasteiger partial charge in [0.2, 0.25) is 5.91 Å². The minimum absolute atomic E-state index is 0.280. The summed E-state index contributed by atoms with van der Waals surface area (Å²) in [5.41, 5.74) is 6.14. The van der Waals surface area contributed by atoms with E-state index in [1.807, 2.05) is 6.08 Å². The van der Waals surface area contributed by atoms with Crippen LogP contribution in [-0.2, 0) is 9.59 Å². The lowest BCUT2D eigenvalue weighted by atomic mass is 10.0. The van der Waals surface area contributed by atoms with Crippen molar-refractivity contribution in [3.8, 4) is 0 Å². The Morgan fingerprint density at radius 3 is 2.93 bits per heavy atom. The molecule has 1 aliphatic carbocycles. The van der Waals surface area contributed by atoms with Gasteiger partial charge in [-0.3, -0.25) is 14.9 Å². The van der Waals surface area contributed by atoms with E-state index in [9.17, 15) is 9.59 Å². The lowest BCUT2D eigenvalue weighted by Gasteiger charge is -2.14. The van der Waals surface area contributed by atoms with Crippen LogP contribution in [0.1, 0.15) is 19.8 Å². The maximum absolute atomic E-state index is 11.5. The average Bonchev–Trinajstić information content (AvgIpc) is 2.18. The Kier molecular flexibility index (Phi) is 3.59. The zero-order chi connectivity index (χ0) is 10.6. The largest absolute Gasteiger partial charge is 0.321 e. The zero-order valence-corrected chi connectivity index (χ0v) is 8.12. The molecule has 2 amide bonds. The van der Waals surface area contributed by atoms with E-state index < -0.39 is 6.04 Å². The van der Waals surface area contributed by atoms with Gasteiger partial charge >= 0.3 is 0 Å². The van der Waals surface area contributed by atoms with E-state index in [1.165, 1.54) is 0 Å². The van der Waals surface area contributed by atoms with Crippen molar-refractivity contribution in [1.29, 1.82) is 0 Å². The molecule has 1 rings (SSSR count). The molecule has 1 unspecified atom stereocenters. The lowest BCUT2D eigenvalue weighted by molar-refractivity contribution is -0.128. The van der Waals surface area contributed by atoms with Gasteiger partial charge in [0.05, 0.1) is 6.04 Å². The maximum atomic E-state index is 11.5. The van der Waals surface area contributed by atoms with E-state index in [0.29, 0.717) is 18.4 Å². The Bertz CT molecular complexity index is 305. The number of imide groups is 1. The Morgan fingerprint density at radius 1 is 1.64 bits per heavy atom. The summed E-state index contributed by atoms with van der Waals surface area (Å²) < 4.78 is 0. The van der Waals surface area contributed by atoms with Crippen LogP contribution in [-0.4, -0.2) is 17.9 Å². The summed E-state index contributed by atoms with van der Waals surface area (Å²) in [7, 11) is 0. The molecule has 1 aliphatic rings. The number of nitrogens with one attached hydrogen (secondary N) is 1. The van der Waals surface area contributed by atoms with Crippen LogP contribution < -0.4 is 11.1 Å². The SMILES string of the molecule is CCC(=O)NC(=O)C1=CCC=CC1N. The topological polar surface area (TPSA) is 72.2 Å². The van der Waals surface area contributed by atoms with Crippen LogP contribution in [0.3, 0.4) is 0 Å². The van der Waals surface area contributed by atoms with E-state index in [0.717, 1.165) is 0 Å². The lowest BCUT2D eigenvalue weighted by Crippen LogP contribution is -2.37. The van der Waals surface area contributed by atoms with Crippen LogP contribution in [0.15, 0.2) is 23.8 Å². The van der Waals surface area contributed by atoms with E-state index in [1.54, 1.807) is 19.1 Å². The van der Waals surface area contributed by atoms with Crippen molar-refractivity contribution in [2.24, 2.45) is 5.73 Å². The Labute approximate surface area is 82.9 Å². The van der Waals surface area contributed by atoms with Crippen LogP contribution in [0.5, 0.6) is 0 Å². The van der Waals surface area contributed by atoms with Crippen LogP contribution in [0, 0.1) is 0 Å². The second kappa shape index (κ2) is 4.72. The van der Waals surface area contributed by atoms with Gasteiger partial charge in [0.25, 0.3) is 5.91 Å². The Balaban J connectivity index is 2.61. The summed E-state index contributed by atoms with van der Waals surface area (Å²) in [5.74, 6) is -0.661. The molecule has 0 bridgehead atoms. The predicted octanol–water partition coefficient (Wildman–Crippen LogP) is 0.253. The number of nitrogens with two attached hydrogens (primary N) is 1. The highest BCUT2D eigenvalue weighted by atomic mass is 16.2. The molecule has 4 nitrogen and oxygen atoms in total. The highest BCUT2D eigenvalue weighted by Crippen LogP contribution is 2.09. The van der Waals surface area contributed by atoms with Gasteiger partial charge in [0.15, 0.2) is 0 Å². The first-order chi connectivity index (χ1) is 6.65. The third-order valence-corrected chi connectivity index (χ3v) is 2.01. The molecule has 1 atom stereocenters. The van der Waals surface area contributed by atoms with Crippen molar-refractivity contribution >= 4 is 11.8 Å². The summed E-state index contributed by atoms with van der Waals surface area (Å²) in [6.07, 6.45) is 6.37. The van der Waals surface area contributed by atoms with Gasteiger partial charge in [-0.2, -0.15) is 0 Å². The number of hydrogen-bond acceptors (Lipinski definition) is 3. The van der Waals surface area contributed by atoms with Gasteiger partial charge in [-0.25, -0.2) is 0 Å². The van der Waals surface area contributed by atoms with Gasteiger partial charge in [-0.1, -0.05) is 25.2 Å². The van der Waals surface area contributed by atoms with Gasteiger partial charge in [0.1, 0.15) is 0 Å². The fourth-order valence-electron chi connectivity index (χ4n) is 1.19. The molecule has 0 saturated heterocycles. The van der Waals surface area contributed by atoms with Crippen LogP contribution in [0.2, 0.25) is 0 Å². The van der Waals surface area contributed by atoms with Gasteiger partial charge in [-0.15, -0.1) is 0 Å². The third kappa shape index (κ3) is 2.53. The molecule has 0 heterocycles. The smallest absolute Gasteiger partial charge is 0.255 e. The molecule has 3 N–H and O–H groups in total. The fraction of sp³-hybridized carbons (Fsp3) is 0.400. The van der Waals surface area contributed by atoms with E-state index >= 15 is 0 Å². The second-order valence-corrected chi connectivity index (χ2v) is 3.08. The molecule has 0 fully saturated rings. The summed E-state index contributed by atoms with van der Waals surface area (Å²) >= 11 is 0. The second-order valence-electron chi connectivity index (χ2n) is 3.08. The Morgan fingerprint density at radius 2 is 2.36 bits per heavy atom. The van der Waals surface area contributed by atoms with Crippen molar-refractivity contribution in [2.45, 2.75) is 25.8 Å². The molecule has 0 aromatic rings. The normalized spacial score (nSPS) is 20.1. The molecular formula is C10H14N2O2. The molecular weight excluding hydrogens is 180 g/mol. The van der Waals surface area contributed by atoms with Crippen molar-refractivity contribution < 1.29 is 9.59 Å². The van der Waals surface area contributed by atoms with Crippen LogP contribution >= 0.6 is 0 Å². The van der Waals surface area contributed by atoms with E-state index in [4.69, 9.17) is 5.73 Å². The quantitative estimate of drug-likeness (QED) is 0.619. The highest BCUT2D eigenvalue weighted by molar-refractivity contribution is 6.05. The Hall–Kier alpha value is -1.42. The number of allylic oxidation sites excluding steroid dienone is 2. The number of carbonyl (C=O) groups excluding carboxylic acids is 2. The summed E-state index contributed by atoms with van der Waals surface area (Å²) in [6.45, 7) is 1.69. The summed E-state index contributed by atoms with van der Waals surface area (Å²) in [6, 6.07) is -0.395. The molecule has 0 aliphatic heterocycles. The number of amides is 2. The van der Waals surface area contributed by atoms with Gasteiger partial charge in [0, 0.05) is 12.0 Å². The number of hydrogen-bond donors (Lipinski definition) is 2. The molecule has 76 valence electrons. The molecule has 0 aromatic carbocycles. The molecule has 14 heavy (non-hydrogen) atoms. The first-order valence-corrected chi connectivity index (χ1v) is 4.61. The zero-order valence-electron chi connectivity index (χ0n) is 8.12. The monoisotopic (exact) mass is 194 g/mol. The molecule has 0 spiro atoms. The van der Waals surface area contributed by atoms with Crippen molar-refractivity contribution in [3.05, 3.63) is 23.8 Å². The van der Waals surface area contributed by atoms with Crippen molar-refractivity contribution in [2.75, 3.05) is 0 Å². The van der Waals surface area contributed by atoms with E-state index in [-0.39, 0.29) is 11.8 Å². The maximum Gasteiger partial charge on any atom is 0.255 e. The van der Waals surface area contributed by atoms with Crippen molar-refractivity contribution in [3.63, 3.8) is 0 Å². The predicted molar refractivity (Wildman–Crippen MR) is 53.3 cm³/mol. The fourth-order valence-corrected chi connectivity index (χ4v) is 1.19. The van der Waals surface area contributed by atoms with E-state index in [2.05, 4.69) is 5.32 Å². The molecule has 0 radical (unpaired) electrons. The highest BCUT2D eigenvalue weighted by Gasteiger charge is 2.18. The van der Waals surface area contributed by atoms with Crippen molar-refractivity contribution in [1.82, 2.24) is 5.32 Å². The molecule has 4 heteroatoms. The summed E-state index contributed by atoms with van der Waals surface area (Å²) in [5, 5.41) is 2.27. The van der Waals surface area contributed by atoms with Crippen LogP contribution in [0.25, 0.3) is 0 Å². The van der Waals surface area contributed by atoms with Crippen LogP contribution in [0.4, 0.5) is 0 Å². The minimum atomic E-state index is -0.395. The summed E-state index contributed by atoms with van der Waals surface area (Å²) in [4.78, 5) is 22.4. The first kappa shape index (κ1) is 10.7. The van der Waals surface area contributed by atoms with Gasteiger partial charge in [-0.05, 0) is 6.42 Å². The number of carbonyl (C=O) groups is 2. The number of rotatable bonds is 2. The first-order valence-electron chi connectivity index (χ1n) is 4.61. The minimum Gasteiger partial charge on any atom is -0.321 e. The third-order valence-electron chi connectivity index (χ3n) is 2.01. The standard InChI is InChI=1S/C10H14N2O2/c1-2-9(13)12-10(14)7-5-3-4-6-8(7)11/h4-6,8H,2-3,11H2,1H3,(H,12,13,14). The molecule has 0 saturated carbocycles. The average molecular weight is 194 g/mol. The molecule has 0 aromatic heterocycles.